The van der Waals surface area contributed by atoms with Crippen LogP contribution >= 0.6 is 0 Å². The molecule has 0 spiro atoms. The number of nitrogens with zero attached hydrogens (tertiary/aromatic N) is 2. The Bertz CT molecular complexity index is 570. The minimum atomic E-state index is 0.254. The quantitative estimate of drug-likeness (QED) is 0.850. The molecule has 0 aliphatic carbocycles. The first-order valence-electron chi connectivity index (χ1n) is 5.04. The van der Waals surface area contributed by atoms with Crippen LogP contribution in [0.15, 0.2) is 36.5 Å². The van der Waals surface area contributed by atoms with Crippen molar-refractivity contribution in [2.45, 2.75) is 0 Å². The second-order valence-electron chi connectivity index (χ2n) is 3.50. The van der Waals surface area contributed by atoms with Crippen LogP contribution in [0.4, 0.5) is 5.82 Å². The van der Waals surface area contributed by atoms with Crippen LogP contribution in [0.25, 0.3) is 11.1 Å². The van der Waals surface area contributed by atoms with Crippen molar-refractivity contribution < 1.29 is 4.74 Å². The van der Waals surface area contributed by atoms with Crippen molar-refractivity contribution in [3.63, 3.8) is 0 Å². The molecule has 1 heterocycles. The lowest BCUT2D eigenvalue weighted by molar-refractivity contribution is 0.415. The topological polar surface area (TPSA) is 71.9 Å². The van der Waals surface area contributed by atoms with Gasteiger partial charge in [-0.05, 0) is 23.8 Å². The molecule has 0 bridgehead atoms. The summed E-state index contributed by atoms with van der Waals surface area (Å²) in [7, 11) is 1.62. The zero-order chi connectivity index (χ0) is 12.3. The Kier molecular flexibility index (Phi) is 2.93. The Balaban J connectivity index is 2.43. The van der Waals surface area contributed by atoms with Crippen molar-refractivity contribution in [1.82, 2.24) is 4.98 Å². The lowest BCUT2D eigenvalue weighted by Crippen LogP contribution is -1.94. The van der Waals surface area contributed by atoms with Crippen molar-refractivity contribution in [2.75, 3.05) is 12.8 Å². The number of hydrogen-bond acceptors (Lipinski definition) is 4. The minimum Gasteiger partial charge on any atom is -0.497 e. The van der Waals surface area contributed by atoms with Gasteiger partial charge < -0.3 is 10.5 Å². The highest BCUT2D eigenvalue weighted by Crippen LogP contribution is 2.23. The van der Waals surface area contributed by atoms with E-state index in [4.69, 9.17) is 15.7 Å². The molecule has 17 heavy (non-hydrogen) atoms. The SMILES string of the molecule is COc1ccc(-c2cnc(N)c(C#N)c2)cc1. The number of nitriles is 1. The highest BCUT2D eigenvalue weighted by molar-refractivity contribution is 5.67. The van der Waals surface area contributed by atoms with E-state index >= 15 is 0 Å². The molecule has 0 aliphatic heterocycles. The number of benzene rings is 1. The van der Waals surface area contributed by atoms with Gasteiger partial charge in [0.15, 0.2) is 0 Å². The molecule has 0 radical (unpaired) electrons. The summed E-state index contributed by atoms with van der Waals surface area (Å²) in [5.41, 5.74) is 7.78. The van der Waals surface area contributed by atoms with Gasteiger partial charge in [-0.25, -0.2) is 4.98 Å². The molecule has 84 valence electrons. The van der Waals surface area contributed by atoms with Gasteiger partial charge in [0.25, 0.3) is 0 Å². The molecule has 0 saturated heterocycles. The summed E-state index contributed by atoms with van der Waals surface area (Å²) in [5.74, 6) is 1.04. The number of ether oxygens (including phenoxy) is 1. The van der Waals surface area contributed by atoms with Crippen molar-refractivity contribution in [3.8, 4) is 22.9 Å². The van der Waals surface area contributed by atoms with Crippen LogP contribution in [0.1, 0.15) is 5.56 Å². The Morgan fingerprint density at radius 2 is 1.94 bits per heavy atom. The zero-order valence-corrected chi connectivity index (χ0v) is 9.34. The van der Waals surface area contributed by atoms with E-state index in [9.17, 15) is 0 Å². The number of rotatable bonds is 2. The maximum Gasteiger partial charge on any atom is 0.141 e. The molecule has 0 amide bonds. The van der Waals surface area contributed by atoms with E-state index in [2.05, 4.69) is 4.98 Å². The minimum absolute atomic E-state index is 0.254. The molecule has 0 fully saturated rings. The molecule has 2 aromatic rings. The second kappa shape index (κ2) is 4.54. The van der Waals surface area contributed by atoms with Crippen LogP contribution in [-0.4, -0.2) is 12.1 Å². The molecule has 0 aliphatic rings. The Morgan fingerprint density at radius 3 is 2.53 bits per heavy atom. The fourth-order valence-corrected chi connectivity index (χ4v) is 1.51. The number of aromatic nitrogens is 1. The first-order chi connectivity index (χ1) is 8.24. The number of methoxy groups -OCH3 is 1. The van der Waals surface area contributed by atoms with Crippen LogP contribution in [0.2, 0.25) is 0 Å². The lowest BCUT2D eigenvalue weighted by Gasteiger charge is -2.04. The molecule has 0 unspecified atom stereocenters. The summed E-state index contributed by atoms with van der Waals surface area (Å²) < 4.78 is 5.08. The van der Waals surface area contributed by atoms with Crippen molar-refractivity contribution >= 4 is 5.82 Å². The second-order valence-corrected chi connectivity index (χ2v) is 3.50. The highest BCUT2D eigenvalue weighted by atomic mass is 16.5. The largest absolute Gasteiger partial charge is 0.497 e. The van der Waals surface area contributed by atoms with Gasteiger partial charge in [-0.1, -0.05) is 12.1 Å². The van der Waals surface area contributed by atoms with E-state index in [-0.39, 0.29) is 5.82 Å². The third-order valence-electron chi connectivity index (χ3n) is 2.46. The van der Waals surface area contributed by atoms with Gasteiger partial charge in [0, 0.05) is 11.8 Å². The Hall–Kier alpha value is -2.54. The predicted octanol–water partition coefficient (Wildman–Crippen LogP) is 2.21. The molecule has 0 atom stereocenters. The summed E-state index contributed by atoms with van der Waals surface area (Å²) >= 11 is 0. The molecule has 4 nitrogen and oxygen atoms in total. The van der Waals surface area contributed by atoms with E-state index in [1.54, 1.807) is 19.4 Å². The van der Waals surface area contributed by atoms with Crippen molar-refractivity contribution in [1.29, 1.82) is 5.26 Å². The number of nitrogens with two attached hydrogens (primary N) is 1. The van der Waals surface area contributed by atoms with Crippen LogP contribution < -0.4 is 10.5 Å². The molecule has 0 saturated carbocycles. The summed E-state index contributed by atoms with van der Waals surface area (Å²) in [6.07, 6.45) is 1.65. The number of hydrogen-bond donors (Lipinski definition) is 1. The summed E-state index contributed by atoms with van der Waals surface area (Å²) in [5, 5.41) is 8.88. The van der Waals surface area contributed by atoms with Gasteiger partial charge >= 0.3 is 0 Å². The van der Waals surface area contributed by atoms with Gasteiger partial charge in [0.1, 0.15) is 17.6 Å². The van der Waals surface area contributed by atoms with Gasteiger partial charge in [0.05, 0.1) is 12.7 Å². The van der Waals surface area contributed by atoms with Crippen molar-refractivity contribution in [3.05, 3.63) is 42.1 Å². The van der Waals surface area contributed by atoms with E-state index in [1.807, 2.05) is 30.3 Å². The molecular formula is C13H11N3O. The molecule has 4 heteroatoms. The number of nitrogen functional groups attached to an aromatic ring is 1. The van der Waals surface area contributed by atoms with Gasteiger partial charge in [0.2, 0.25) is 0 Å². The smallest absolute Gasteiger partial charge is 0.141 e. The van der Waals surface area contributed by atoms with Crippen LogP contribution in [0, 0.1) is 11.3 Å². The maximum atomic E-state index is 8.88. The summed E-state index contributed by atoms with van der Waals surface area (Å²) in [6, 6.07) is 11.3. The Labute approximate surface area is 99.3 Å². The predicted molar refractivity (Wildman–Crippen MR) is 65.4 cm³/mol. The molecule has 2 rings (SSSR count). The zero-order valence-electron chi connectivity index (χ0n) is 9.34. The molecule has 2 N–H and O–H groups in total. The average Bonchev–Trinajstić information content (AvgIpc) is 2.39. The van der Waals surface area contributed by atoms with E-state index in [0.717, 1.165) is 16.9 Å². The number of pyridine rings is 1. The van der Waals surface area contributed by atoms with Crippen LogP contribution in [0.3, 0.4) is 0 Å². The molecule has 1 aromatic carbocycles. The van der Waals surface area contributed by atoms with E-state index < -0.39 is 0 Å². The number of anilines is 1. The first kappa shape index (κ1) is 11.0. The van der Waals surface area contributed by atoms with Gasteiger partial charge in [-0.15, -0.1) is 0 Å². The fourth-order valence-electron chi connectivity index (χ4n) is 1.51. The fraction of sp³-hybridized carbons (Fsp3) is 0.0769. The average molecular weight is 225 g/mol. The molecule has 1 aromatic heterocycles. The van der Waals surface area contributed by atoms with Crippen LogP contribution in [0.5, 0.6) is 5.75 Å². The van der Waals surface area contributed by atoms with Gasteiger partial charge in [-0.2, -0.15) is 5.26 Å². The first-order valence-corrected chi connectivity index (χ1v) is 5.04. The molecular weight excluding hydrogens is 214 g/mol. The normalized spacial score (nSPS) is 9.65. The van der Waals surface area contributed by atoms with E-state index in [1.165, 1.54) is 0 Å². The van der Waals surface area contributed by atoms with Crippen LogP contribution in [-0.2, 0) is 0 Å². The third-order valence-corrected chi connectivity index (χ3v) is 2.46. The van der Waals surface area contributed by atoms with E-state index in [0.29, 0.717) is 5.56 Å². The Morgan fingerprint density at radius 1 is 1.24 bits per heavy atom. The summed E-state index contributed by atoms with van der Waals surface area (Å²) in [6.45, 7) is 0. The highest BCUT2D eigenvalue weighted by Gasteiger charge is 2.04. The lowest BCUT2D eigenvalue weighted by atomic mass is 10.1. The maximum absolute atomic E-state index is 8.88. The third kappa shape index (κ3) is 2.18. The standard InChI is InChI=1S/C13H11N3O/c1-17-12-4-2-9(3-5-12)11-6-10(7-14)13(15)16-8-11/h2-6,8H,1H3,(H2,15,16). The van der Waals surface area contributed by atoms with Gasteiger partial charge in [-0.3, -0.25) is 0 Å². The van der Waals surface area contributed by atoms with Crippen molar-refractivity contribution in [2.24, 2.45) is 0 Å². The monoisotopic (exact) mass is 225 g/mol. The summed E-state index contributed by atoms with van der Waals surface area (Å²) in [4.78, 5) is 3.99.